The average Bonchev–Trinajstić information content (AvgIpc) is 2.57. The van der Waals surface area contributed by atoms with E-state index in [-0.39, 0.29) is 0 Å². The molecule has 6 fully saturated rings. The first-order chi connectivity index (χ1) is 10.3. The van der Waals surface area contributed by atoms with Crippen molar-refractivity contribution < 1.29 is 0 Å². The van der Waals surface area contributed by atoms with E-state index in [0.717, 1.165) is 47.3 Å². The molecule has 6 aliphatic rings. The van der Waals surface area contributed by atoms with Crippen LogP contribution in [0.4, 0.5) is 0 Å². The fourth-order valence-electron chi connectivity index (χ4n) is 7.72. The van der Waals surface area contributed by atoms with Gasteiger partial charge in [0.15, 0.2) is 0 Å². The lowest BCUT2D eigenvalue weighted by Crippen LogP contribution is -2.45. The van der Waals surface area contributed by atoms with E-state index in [0.29, 0.717) is 0 Å². The highest BCUT2D eigenvalue weighted by Crippen LogP contribution is 2.57. The molecule has 0 nitrogen and oxygen atoms in total. The van der Waals surface area contributed by atoms with E-state index in [2.05, 4.69) is 13.8 Å². The maximum absolute atomic E-state index is 2.49. The van der Waals surface area contributed by atoms with E-state index < -0.39 is 0 Å². The molecule has 0 aromatic heterocycles. The molecule has 0 spiro atoms. The van der Waals surface area contributed by atoms with E-state index in [4.69, 9.17) is 0 Å². The third-order valence-electron chi connectivity index (χ3n) is 8.64. The summed E-state index contributed by atoms with van der Waals surface area (Å²) in [5.41, 5.74) is 0. The molecule has 0 N–H and O–H groups in total. The van der Waals surface area contributed by atoms with Crippen LogP contribution in [-0.2, 0) is 0 Å². The summed E-state index contributed by atoms with van der Waals surface area (Å²) in [7, 11) is 0. The second kappa shape index (κ2) is 5.89. The first-order valence-electron chi connectivity index (χ1n) is 10.3. The van der Waals surface area contributed by atoms with Crippen LogP contribution in [0.15, 0.2) is 0 Å². The molecular formula is C21H36. The monoisotopic (exact) mass is 288 g/mol. The SMILES string of the molecule is CCC1C2CCC(CC2)C1CC1C2CCC(CC2)C1CC. The minimum absolute atomic E-state index is 1.11. The van der Waals surface area contributed by atoms with Crippen molar-refractivity contribution in [1.82, 2.24) is 0 Å². The lowest BCUT2D eigenvalue weighted by atomic mass is 9.51. The minimum Gasteiger partial charge on any atom is -0.0651 e. The molecule has 0 saturated heterocycles. The van der Waals surface area contributed by atoms with Crippen molar-refractivity contribution in [2.75, 3.05) is 0 Å². The van der Waals surface area contributed by atoms with E-state index >= 15 is 0 Å². The van der Waals surface area contributed by atoms with Crippen LogP contribution in [0.2, 0.25) is 0 Å². The van der Waals surface area contributed by atoms with E-state index in [1.165, 1.54) is 12.8 Å². The smallest absolute Gasteiger partial charge is 0.0352 e. The molecule has 0 aromatic rings. The molecular weight excluding hydrogens is 252 g/mol. The lowest BCUT2D eigenvalue weighted by molar-refractivity contribution is -0.0437. The second-order valence-corrected chi connectivity index (χ2v) is 9.06. The first kappa shape index (κ1) is 14.6. The minimum atomic E-state index is 1.11. The van der Waals surface area contributed by atoms with Gasteiger partial charge < -0.3 is 0 Å². The third kappa shape index (κ3) is 2.40. The zero-order valence-electron chi connectivity index (χ0n) is 14.4. The van der Waals surface area contributed by atoms with Crippen LogP contribution in [0.1, 0.15) is 84.5 Å². The molecule has 120 valence electrons. The Labute approximate surface area is 132 Å². The van der Waals surface area contributed by atoms with Crippen molar-refractivity contribution in [2.24, 2.45) is 47.3 Å². The lowest BCUT2D eigenvalue weighted by Gasteiger charge is -2.54. The van der Waals surface area contributed by atoms with Crippen molar-refractivity contribution in [3.05, 3.63) is 0 Å². The van der Waals surface area contributed by atoms with Crippen LogP contribution in [0.3, 0.4) is 0 Å². The van der Waals surface area contributed by atoms with Gasteiger partial charge in [0.1, 0.15) is 0 Å². The second-order valence-electron chi connectivity index (χ2n) is 9.06. The normalized spacial score (nSPS) is 52.3. The van der Waals surface area contributed by atoms with Crippen molar-refractivity contribution in [3.63, 3.8) is 0 Å². The Morgan fingerprint density at radius 2 is 0.762 bits per heavy atom. The molecule has 6 saturated carbocycles. The zero-order valence-corrected chi connectivity index (χ0v) is 14.4. The molecule has 0 heteroatoms. The molecule has 0 amide bonds. The molecule has 6 aliphatic carbocycles. The van der Waals surface area contributed by atoms with Crippen LogP contribution >= 0.6 is 0 Å². The first-order valence-corrected chi connectivity index (χ1v) is 10.3. The summed E-state index contributed by atoms with van der Waals surface area (Å²) in [5, 5.41) is 0. The molecule has 4 bridgehead atoms. The van der Waals surface area contributed by atoms with Gasteiger partial charge >= 0.3 is 0 Å². The summed E-state index contributed by atoms with van der Waals surface area (Å²) in [4.78, 5) is 0. The fourth-order valence-corrected chi connectivity index (χ4v) is 7.72. The predicted molar refractivity (Wildman–Crippen MR) is 90.1 cm³/mol. The average molecular weight is 289 g/mol. The molecule has 21 heavy (non-hydrogen) atoms. The topological polar surface area (TPSA) is 0 Å². The molecule has 0 heterocycles. The Kier molecular flexibility index (Phi) is 4.09. The van der Waals surface area contributed by atoms with E-state index in [1.54, 1.807) is 57.8 Å². The molecule has 0 aromatic carbocycles. The highest BCUT2D eigenvalue weighted by Gasteiger charge is 2.48. The molecule has 4 atom stereocenters. The van der Waals surface area contributed by atoms with Crippen LogP contribution in [0.25, 0.3) is 0 Å². The highest BCUT2D eigenvalue weighted by atomic mass is 14.5. The Morgan fingerprint density at radius 1 is 0.476 bits per heavy atom. The van der Waals surface area contributed by atoms with Gasteiger partial charge in [-0.15, -0.1) is 0 Å². The summed E-state index contributed by atoms with van der Waals surface area (Å²) < 4.78 is 0. The maximum atomic E-state index is 2.49. The number of fused-ring (bicyclic) bond motifs is 6. The van der Waals surface area contributed by atoms with Crippen molar-refractivity contribution in [1.29, 1.82) is 0 Å². The number of rotatable bonds is 4. The van der Waals surface area contributed by atoms with E-state index in [1.807, 2.05) is 0 Å². The maximum Gasteiger partial charge on any atom is -0.0352 e. The Bertz CT molecular complexity index is 309. The predicted octanol–water partition coefficient (Wildman–Crippen LogP) is 6.30. The van der Waals surface area contributed by atoms with Crippen molar-refractivity contribution in [2.45, 2.75) is 84.5 Å². The van der Waals surface area contributed by atoms with Gasteiger partial charge in [-0.1, -0.05) is 26.7 Å². The summed E-state index contributed by atoms with van der Waals surface area (Å²) in [6, 6.07) is 0. The van der Waals surface area contributed by atoms with Crippen LogP contribution in [-0.4, -0.2) is 0 Å². The molecule has 4 unspecified atom stereocenters. The molecule has 6 rings (SSSR count). The van der Waals surface area contributed by atoms with E-state index in [9.17, 15) is 0 Å². The quantitative estimate of drug-likeness (QED) is 0.569. The summed E-state index contributed by atoms with van der Waals surface area (Å²) in [6.07, 6.45) is 17.2. The highest BCUT2D eigenvalue weighted by molar-refractivity contribution is 4.98. The van der Waals surface area contributed by atoms with Gasteiger partial charge in [0, 0.05) is 0 Å². The summed E-state index contributed by atoms with van der Waals surface area (Å²) in [5.74, 6) is 8.94. The number of hydrogen-bond acceptors (Lipinski definition) is 0. The van der Waals surface area contributed by atoms with Crippen molar-refractivity contribution in [3.8, 4) is 0 Å². The van der Waals surface area contributed by atoms with Crippen LogP contribution in [0.5, 0.6) is 0 Å². The van der Waals surface area contributed by atoms with Gasteiger partial charge in [-0.3, -0.25) is 0 Å². The van der Waals surface area contributed by atoms with Gasteiger partial charge in [0.05, 0.1) is 0 Å². The third-order valence-corrected chi connectivity index (χ3v) is 8.64. The zero-order chi connectivity index (χ0) is 14.4. The largest absolute Gasteiger partial charge is 0.0651 e. The van der Waals surface area contributed by atoms with Crippen molar-refractivity contribution >= 4 is 0 Å². The van der Waals surface area contributed by atoms with Crippen LogP contribution in [0, 0.1) is 47.3 Å². The molecule has 0 aliphatic heterocycles. The van der Waals surface area contributed by atoms with Gasteiger partial charge in [0.2, 0.25) is 0 Å². The Hall–Kier alpha value is 0. The van der Waals surface area contributed by atoms with Gasteiger partial charge in [-0.05, 0) is 105 Å². The standard InChI is InChI=1S/C21H36/c1-3-18-14-5-9-16(10-6-14)20(18)13-21-17-11-7-15(8-12-17)19(21)4-2/h14-21H,3-13H2,1-2H3. The summed E-state index contributed by atoms with van der Waals surface area (Å²) in [6.45, 7) is 4.98. The van der Waals surface area contributed by atoms with Gasteiger partial charge in [-0.2, -0.15) is 0 Å². The fraction of sp³-hybridized carbons (Fsp3) is 1.00. The summed E-state index contributed by atoms with van der Waals surface area (Å²) >= 11 is 0. The molecule has 0 radical (unpaired) electrons. The Morgan fingerprint density at radius 3 is 1.05 bits per heavy atom. The number of hydrogen-bond donors (Lipinski definition) is 0. The van der Waals surface area contributed by atoms with Gasteiger partial charge in [0.25, 0.3) is 0 Å². The Balaban J connectivity index is 1.51. The van der Waals surface area contributed by atoms with Gasteiger partial charge in [-0.25, -0.2) is 0 Å². The van der Waals surface area contributed by atoms with Crippen LogP contribution < -0.4 is 0 Å².